The zero-order valence-electron chi connectivity index (χ0n) is 12.5. The second-order valence-corrected chi connectivity index (χ2v) is 5.32. The number of hydrogen-bond acceptors (Lipinski definition) is 3. The van der Waals surface area contributed by atoms with Crippen LogP contribution in [0.4, 0.5) is 5.69 Å². The summed E-state index contributed by atoms with van der Waals surface area (Å²) >= 11 is 0. The van der Waals surface area contributed by atoms with Crippen LogP contribution in [-0.2, 0) is 17.8 Å². The second-order valence-electron chi connectivity index (χ2n) is 5.32. The fourth-order valence-electron chi connectivity index (χ4n) is 2.62. The van der Waals surface area contributed by atoms with E-state index in [0.717, 1.165) is 17.0 Å². The van der Waals surface area contributed by atoms with E-state index in [1.807, 2.05) is 25.1 Å². The third-order valence-corrected chi connectivity index (χ3v) is 3.84. The highest BCUT2D eigenvalue weighted by atomic mass is 16.3. The van der Waals surface area contributed by atoms with Crippen molar-refractivity contribution in [3.8, 4) is 0 Å². The molecule has 2 aromatic rings. The summed E-state index contributed by atoms with van der Waals surface area (Å²) in [5.41, 5.74) is 2.46. The molecule has 1 N–H and O–H groups in total. The molecule has 5 nitrogen and oxygen atoms in total. The fourth-order valence-corrected chi connectivity index (χ4v) is 2.62. The first-order valence-electron chi connectivity index (χ1n) is 7.42. The van der Waals surface area contributed by atoms with Crippen molar-refractivity contribution in [3.63, 3.8) is 0 Å². The maximum atomic E-state index is 12.6. The standard InChI is InChI=1S/C17H18N2O3/c1-2-19(11-14-4-3-9-22-14)17(21)13-5-7-15-12(10-13)6-8-16(20)18-15/h3-5,7,9-10H,2,6,8,11H2,1H3,(H,18,20). The Bertz CT molecular complexity index is 692. The molecule has 0 saturated carbocycles. The third kappa shape index (κ3) is 2.88. The van der Waals surface area contributed by atoms with Gasteiger partial charge in [-0.15, -0.1) is 0 Å². The summed E-state index contributed by atoms with van der Waals surface area (Å²) in [7, 11) is 0. The lowest BCUT2D eigenvalue weighted by Crippen LogP contribution is -2.30. The summed E-state index contributed by atoms with van der Waals surface area (Å²) in [5.74, 6) is 0.763. The van der Waals surface area contributed by atoms with Crippen LogP contribution in [0.5, 0.6) is 0 Å². The molecule has 5 heteroatoms. The molecule has 0 bridgehead atoms. The molecule has 1 aliphatic rings. The lowest BCUT2D eigenvalue weighted by molar-refractivity contribution is -0.116. The highest BCUT2D eigenvalue weighted by Gasteiger charge is 2.20. The molecule has 0 saturated heterocycles. The number of fused-ring (bicyclic) bond motifs is 1. The minimum Gasteiger partial charge on any atom is -0.467 e. The number of nitrogens with one attached hydrogen (secondary N) is 1. The summed E-state index contributed by atoms with van der Waals surface area (Å²) in [6.07, 6.45) is 2.75. The number of hydrogen-bond donors (Lipinski definition) is 1. The van der Waals surface area contributed by atoms with Crippen molar-refractivity contribution in [2.24, 2.45) is 0 Å². The summed E-state index contributed by atoms with van der Waals surface area (Å²) in [6.45, 7) is 3.00. The van der Waals surface area contributed by atoms with E-state index in [1.165, 1.54) is 0 Å². The molecular weight excluding hydrogens is 280 g/mol. The summed E-state index contributed by atoms with van der Waals surface area (Å²) in [5, 5.41) is 2.83. The number of rotatable bonds is 4. The van der Waals surface area contributed by atoms with Crippen molar-refractivity contribution in [3.05, 3.63) is 53.5 Å². The smallest absolute Gasteiger partial charge is 0.254 e. The number of anilines is 1. The molecule has 0 aliphatic carbocycles. The Morgan fingerprint density at radius 3 is 2.91 bits per heavy atom. The zero-order valence-corrected chi connectivity index (χ0v) is 12.5. The van der Waals surface area contributed by atoms with Gasteiger partial charge in [-0.1, -0.05) is 0 Å². The van der Waals surface area contributed by atoms with Crippen LogP contribution in [-0.4, -0.2) is 23.3 Å². The van der Waals surface area contributed by atoms with E-state index < -0.39 is 0 Å². The van der Waals surface area contributed by atoms with Gasteiger partial charge in [0.05, 0.1) is 12.8 Å². The van der Waals surface area contributed by atoms with E-state index in [9.17, 15) is 9.59 Å². The van der Waals surface area contributed by atoms with Gasteiger partial charge in [0.1, 0.15) is 5.76 Å². The third-order valence-electron chi connectivity index (χ3n) is 3.84. The summed E-state index contributed by atoms with van der Waals surface area (Å²) in [4.78, 5) is 25.8. The van der Waals surface area contributed by atoms with Crippen LogP contribution in [0, 0.1) is 0 Å². The minimum absolute atomic E-state index is 0.0274. The Morgan fingerprint density at radius 2 is 2.18 bits per heavy atom. The first kappa shape index (κ1) is 14.4. The molecule has 114 valence electrons. The van der Waals surface area contributed by atoms with E-state index >= 15 is 0 Å². The number of amides is 2. The van der Waals surface area contributed by atoms with E-state index in [0.29, 0.717) is 31.5 Å². The van der Waals surface area contributed by atoms with Crippen LogP contribution in [0.3, 0.4) is 0 Å². The van der Waals surface area contributed by atoms with E-state index in [-0.39, 0.29) is 11.8 Å². The van der Waals surface area contributed by atoms with Crippen molar-refractivity contribution < 1.29 is 14.0 Å². The molecule has 0 atom stereocenters. The van der Waals surface area contributed by atoms with Crippen molar-refractivity contribution in [2.75, 3.05) is 11.9 Å². The highest BCUT2D eigenvalue weighted by molar-refractivity contribution is 5.97. The maximum absolute atomic E-state index is 12.6. The van der Waals surface area contributed by atoms with E-state index in [1.54, 1.807) is 23.3 Å². The quantitative estimate of drug-likeness (QED) is 0.944. The van der Waals surface area contributed by atoms with Gasteiger partial charge in [-0.05, 0) is 49.2 Å². The minimum atomic E-state index is -0.0291. The van der Waals surface area contributed by atoms with Crippen molar-refractivity contribution in [1.82, 2.24) is 4.90 Å². The predicted molar refractivity (Wildman–Crippen MR) is 82.5 cm³/mol. The van der Waals surface area contributed by atoms with Crippen LogP contribution in [0.25, 0.3) is 0 Å². The van der Waals surface area contributed by atoms with Crippen LogP contribution in [0.1, 0.15) is 35.0 Å². The average molecular weight is 298 g/mol. The summed E-state index contributed by atoms with van der Waals surface area (Å²) < 4.78 is 5.31. The lowest BCUT2D eigenvalue weighted by Gasteiger charge is -2.22. The Labute approximate surface area is 128 Å². The van der Waals surface area contributed by atoms with Gasteiger partial charge >= 0.3 is 0 Å². The SMILES string of the molecule is CCN(Cc1ccco1)C(=O)c1ccc2c(c1)CCC(=O)N2. The molecule has 1 aliphatic heterocycles. The average Bonchev–Trinajstić information content (AvgIpc) is 3.04. The molecule has 2 amide bonds. The fraction of sp³-hybridized carbons (Fsp3) is 0.294. The van der Waals surface area contributed by atoms with Crippen LogP contribution in [0.15, 0.2) is 41.0 Å². The maximum Gasteiger partial charge on any atom is 0.254 e. The highest BCUT2D eigenvalue weighted by Crippen LogP contribution is 2.24. The first-order chi connectivity index (χ1) is 10.7. The van der Waals surface area contributed by atoms with Gasteiger partial charge in [-0.3, -0.25) is 9.59 Å². The zero-order chi connectivity index (χ0) is 15.5. The molecule has 0 spiro atoms. The van der Waals surface area contributed by atoms with E-state index in [2.05, 4.69) is 5.32 Å². The number of nitrogens with zero attached hydrogens (tertiary/aromatic N) is 1. The topological polar surface area (TPSA) is 62.6 Å². The molecular formula is C17H18N2O3. The molecule has 1 aromatic heterocycles. The molecule has 3 rings (SSSR count). The Morgan fingerprint density at radius 1 is 1.32 bits per heavy atom. The van der Waals surface area contributed by atoms with Crippen LogP contribution < -0.4 is 5.32 Å². The Kier molecular flexibility index (Phi) is 3.96. The Balaban J connectivity index is 1.80. The first-order valence-corrected chi connectivity index (χ1v) is 7.42. The monoisotopic (exact) mass is 298 g/mol. The molecule has 22 heavy (non-hydrogen) atoms. The number of benzene rings is 1. The van der Waals surface area contributed by atoms with Gasteiger partial charge in [-0.25, -0.2) is 0 Å². The number of furan rings is 1. The molecule has 0 fully saturated rings. The number of carbonyl (C=O) groups is 2. The molecule has 0 radical (unpaired) electrons. The normalized spacial score (nSPS) is 13.4. The Hall–Kier alpha value is -2.56. The van der Waals surface area contributed by atoms with Gasteiger partial charge in [0.15, 0.2) is 0 Å². The van der Waals surface area contributed by atoms with Crippen molar-refractivity contribution in [1.29, 1.82) is 0 Å². The van der Waals surface area contributed by atoms with Gasteiger partial charge in [0.2, 0.25) is 5.91 Å². The van der Waals surface area contributed by atoms with Gasteiger partial charge in [0.25, 0.3) is 5.91 Å². The summed E-state index contributed by atoms with van der Waals surface area (Å²) in [6, 6.07) is 9.12. The largest absolute Gasteiger partial charge is 0.467 e. The molecule has 1 aromatic carbocycles. The van der Waals surface area contributed by atoms with Crippen LogP contribution in [0.2, 0.25) is 0 Å². The number of aryl methyl sites for hydroxylation is 1. The van der Waals surface area contributed by atoms with Crippen LogP contribution >= 0.6 is 0 Å². The van der Waals surface area contributed by atoms with Crippen molar-refractivity contribution >= 4 is 17.5 Å². The molecule has 2 heterocycles. The van der Waals surface area contributed by atoms with Crippen molar-refractivity contribution in [2.45, 2.75) is 26.3 Å². The second kappa shape index (κ2) is 6.05. The van der Waals surface area contributed by atoms with E-state index in [4.69, 9.17) is 4.42 Å². The predicted octanol–water partition coefficient (Wildman–Crippen LogP) is 2.83. The van der Waals surface area contributed by atoms with Gasteiger partial charge in [-0.2, -0.15) is 0 Å². The van der Waals surface area contributed by atoms with Gasteiger partial charge < -0.3 is 14.6 Å². The molecule has 0 unspecified atom stereocenters. The lowest BCUT2D eigenvalue weighted by atomic mass is 10.00. The van der Waals surface area contributed by atoms with Gasteiger partial charge in [0, 0.05) is 24.2 Å². The number of carbonyl (C=O) groups excluding carboxylic acids is 2.